The molecule has 0 aromatic carbocycles. The minimum absolute atomic E-state index is 0.0384. The summed E-state index contributed by atoms with van der Waals surface area (Å²) in [5, 5.41) is 0. The van der Waals surface area contributed by atoms with Gasteiger partial charge in [0.2, 0.25) is 0 Å². The molecule has 1 rings (SSSR count). The van der Waals surface area contributed by atoms with Crippen LogP contribution < -0.4 is 0 Å². The van der Waals surface area contributed by atoms with E-state index in [4.69, 9.17) is 0 Å². The highest BCUT2D eigenvalue weighted by Gasteiger charge is 2.04. The molecule has 0 spiro atoms. The van der Waals surface area contributed by atoms with Gasteiger partial charge in [0.05, 0.1) is 6.21 Å². The van der Waals surface area contributed by atoms with Crippen molar-refractivity contribution >= 4 is 12.0 Å². The summed E-state index contributed by atoms with van der Waals surface area (Å²) >= 11 is 0. The summed E-state index contributed by atoms with van der Waals surface area (Å²) in [6.45, 7) is 2.16. The summed E-state index contributed by atoms with van der Waals surface area (Å²) in [6.07, 6.45) is 7.55. The van der Waals surface area contributed by atoms with Crippen molar-refractivity contribution in [2.75, 3.05) is 0 Å². The molecule has 0 atom stereocenters. The van der Waals surface area contributed by atoms with Gasteiger partial charge in [0, 0.05) is 11.8 Å². The van der Waals surface area contributed by atoms with Crippen LogP contribution in [-0.2, 0) is 4.79 Å². The molecule has 0 amide bonds. The second-order valence-corrected chi connectivity index (χ2v) is 2.75. The van der Waals surface area contributed by atoms with Crippen LogP contribution in [0.2, 0.25) is 0 Å². The molecule has 11 heavy (non-hydrogen) atoms. The highest BCUT2D eigenvalue weighted by Crippen LogP contribution is 2.12. The van der Waals surface area contributed by atoms with E-state index in [-0.39, 0.29) is 5.78 Å². The number of allylic oxidation sites excluding steroid dienone is 2. The van der Waals surface area contributed by atoms with Crippen molar-refractivity contribution in [3.8, 4) is 0 Å². The van der Waals surface area contributed by atoms with Gasteiger partial charge in [-0.05, 0) is 12.8 Å². The molecule has 60 valence electrons. The Labute approximate surface area is 67.0 Å². The molecule has 0 N–H and O–H groups in total. The first-order valence-corrected chi connectivity index (χ1v) is 4.11. The summed E-state index contributed by atoms with van der Waals surface area (Å²) in [5.41, 5.74) is 0.948. The molecule has 0 saturated carbocycles. The molecule has 0 aliphatic carbocycles. The molecular formula is C9H13NO. The first-order chi connectivity index (χ1) is 5.33. The van der Waals surface area contributed by atoms with Gasteiger partial charge in [-0.15, -0.1) is 0 Å². The molecule has 0 fully saturated rings. The lowest BCUT2D eigenvalue weighted by molar-refractivity contribution is -0.108. The number of hydrogen-bond donors (Lipinski definition) is 0. The van der Waals surface area contributed by atoms with Crippen LogP contribution in [0.5, 0.6) is 0 Å². The number of carbonyl (C=O) groups excluding carboxylic acids is 1. The Hall–Kier alpha value is -0.920. The van der Waals surface area contributed by atoms with Crippen LogP contribution in [0.4, 0.5) is 0 Å². The van der Waals surface area contributed by atoms with Gasteiger partial charge in [0.15, 0.2) is 5.78 Å². The lowest BCUT2D eigenvalue weighted by Crippen LogP contribution is -1.85. The molecule has 0 aromatic rings. The van der Waals surface area contributed by atoms with Crippen molar-refractivity contribution in [1.29, 1.82) is 0 Å². The van der Waals surface area contributed by atoms with E-state index >= 15 is 0 Å². The topological polar surface area (TPSA) is 29.4 Å². The zero-order valence-corrected chi connectivity index (χ0v) is 6.84. The van der Waals surface area contributed by atoms with Gasteiger partial charge >= 0.3 is 0 Å². The zero-order valence-electron chi connectivity index (χ0n) is 6.84. The smallest absolute Gasteiger partial charge is 0.198 e. The van der Waals surface area contributed by atoms with Gasteiger partial charge in [-0.2, -0.15) is 0 Å². The fourth-order valence-corrected chi connectivity index (χ4v) is 1.08. The van der Waals surface area contributed by atoms with E-state index < -0.39 is 0 Å². The van der Waals surface area contributed by atoms with Crippen molar-refractivity contribution in [1.82, 2.24) is 0 Å². The summed E-state index contributed by atoms with van der Waals surface area (Å²) in [6, 6.07) is 0. The Morgan fingerprint density at radius 3 is 2.82 bits per heavy atom. The molecule has 0 radical (unpaired) electrons. The van der Waals surface area contributed by atoms with E-state index in [0.29, 0.717) is 0 Å². The van der Waals surface area contributed by atoms with E-state index in [2.05, 4.69) is 11.9 Å². The summed E-state index contributed by atoms with van der Waals surface area (Å²) in [4.78, 5) is 14.6. The third-order valence-electron chi connectivity index (χ3n) is 1.70. The summed E-state index contributed by atoms with van der Waals surface area (Å²) in [7, 11) is 0. The van der Waals surface area contributed by atoms with Gasteiger partial charge in [-0.1, -0.05) is 19.8 Å². The highest BCUT2D eigenvalue weighted by atomic mass is 16.1. The second-order valence-electron chi connectivity index (χ2n) is 2.75. The molecule has 1 aliphatic heterocycles. The molecule has 2 heteroatoms. The quantitative estimate of drug-likeness (QED) is 0.566. The molecule has 0 aromatic heterocycles. The van der Waals surface area contributed by atoms with E-state index in [1.54, 1.807) is 6.08 Å². The number of unbranched alkanes of at least 4 members (excludes halogenated alkanes) is 2. The van der Waals surface area contributed by atoms with Crippen LogP contribution in [0.1, 0.15) is 32.6 Å². The van der Waals surface area contributed by atoms with E-state index in [1.807, 2.05) is 0 Å². The summed E-state index contributed by atoms with van der Waals surface area (Å²) in [5.74, 6) is 0.0384. The van der Waals surface area contributed by atoms with E-state index in [9.17, 15) is 4.79 Å². The van der Waals surface area contributed by atoms with Gasteiger partial charge < -0.3 is 0 Å². The van der Waals surface area contributed by atoms with E-state index in [0.717, 1.165) is 18.5 Å². The van der Waals surface area contributed by atoms with Gasteiger partial charge in [-0.25, -0.2) is 0 Å². The monoisotopic (exact) mass is 151 g/mol. The average molecular weight is 151 g/mol. The molecular weight excluding hydrogens is 138 g/mol. The zero-order chi connectivity index (χ0) is 8.10. The van der Waals surface area contributed by atoms with Crippen LogP contribution in [0, 0.1) is 0 Å². The summed E-state index contributed by atoms with van der Waals surface area (Å²) < 4.78 is 0. The number of hydrogen-bond acceptors (Lipinski definition) is 2. The number of aliphatic imine (C=N–C) groups is 1. The molecule has 2 nitrogen and oxygen atoms in total. The first kappa shape index (κ1) is 8.18. The Morgan fingerprint density at radius 2 is 2.27 bits per heavy atom. The van der Waals surface area contributed by atoms with Crippen LogP contribution in [-0.4, -0.2) is 12.0 Å². The maximum Gasteiger partial charge on any atom is 0.198 e. The van der Waals surface area contributed by atoms with Crippen molar-refractivity contribution < 1.29 is 4.79 Å². The van der Waals surface area contributed by atoms with Crippen LogP contribution in [0.3, 0.4) is 0 Å². The minimum atomic E-state index is 0.0384. The van der Waals surface area contributed by atoms with E-state index in [1.165, 1.54) is 19.1 Å². The number of carbonyl (C=O) groups is 1. The molecule has 1 aliphatic rings. The second kappa shape index (κ2) is 4.06. The first-order valence-electron chi connectivity index (χ1n) is 4.11. The SMILES string of the molecule is CCCCCC1=CC(=O)C=N1. The van der Waals surface area contributed by atoms with Crippen molar-refractivity contribution in [2.24, 2.45) is 4.99 Å². The Morgan fingerprint density at radius 1 is 1.45 bits per heavy atom. The lowest BCUT2D eigenvalue weighted by atomic mass is 10.1. The standard InChI is InChI=1S/C9H13NO/c1-2-3-4-5-8-6-9(11)7-10-8/h6-7H,2-5H2,1H3. The Bertz CT molecular complexity index is 204. The normalized spacial score (nSPS) is 15.7. The van der Waals surface area contributed by atoms with Gasteiger partial charge in [0.1, 0.15) is 0 Å². The third kappa shape index (κ3) is 2.66. The van der Waals surface area contributed by atoms with Crippen LogP contribution in [0.15, 0.2) is 16.8 Å². The Kier molecular flexibility index (Phi) is 3.02. The maximum atomic E-state index is 10.7. The van der Waals surface area contributed by atoms with Gasteiger partial charge in [-0.3, -0.25) is 9.79 Å². The molecule has 0 bridgehead atoms. The van der Waals surface area contributed by atoms with Crippen molar-refractivity contribution in [3.05, 3.63) is 11.8 Å². The predicted octanol–water partition coefficient (Wildman–Crippen LogP) is 2.10. The molecule has 0 unspecified atom stereocenters. The lowest BCUT2D eigenvalue weighted by Gasteiger charge is -1.95. The Balaban J connectivity index is 2.23. The molecule has 1 heterocycles. The van der Waals surface area contributed by atoms with Crippen LogP contribution in [0.25, 0.3) is 0 Å². The van der Waals surface area contributed by atoms with Crippen molar-refractivity contribution in [3.63, 3.8) is 0 Å². The van der Waals surface area contributed by atoms with Crippen LogP contribution >= 0.6 is 0 Å². The largest absolute Gasteiger partial charge is 0.288 e. The number of nitrogens with zero attached hydrogens (tertiary/aromatic N) is 1. The maximum absolute atomic E-state index is 10.7. The fourth-order valence-electron chi connectivity index (χ4n) is 1.08. The number of rotatable bonds is 4. The molecule has 0 saturated heterocycles. The highest BCUT2D eigenvalue weighted by molar-refractivity contribution is 6.34. The fraction of sp³-hybridized carbons (Fsp3) is 0.556. The van der Waals surface area contributed by atoms with Gasteiger partial charge in [0.25, 0.3) is 0 Å². The third-order valence-corrected chi connectivity index (χ3v) is 1.70. The van der Waals surface area contributed by atoms with Crippen molar-refractivity contribution in [2.45, 2.75) is 32.6 Å². The predicted molar refractivity (Wildman–Crippen MR) is 45.7 cm³/mol. The average Bonchev–Trinajstić information content (AvgIpc) is 2.37. The number of ketones is 1. The minimum Gasteiger partial charge on any atom is -0.288 e.